The van der Waals surface area contributed by atoms with Crippen LogP contribution in [0.4, 0.5) is 4.39 Å². The van der Waals surface area contributed by atoms with Crippen molar-refractivity contribution in [3.05, 3.63) is 30.1 Å². The van der Waals surface area contributed by atoms with Crippen LogP contribution in [0.3, 0.4) is 0 Å². The lowest BCUT2D eigenvalue weighted by molar-refractivity contribution is -0.904. The highest BCUT2D eigenvalue weighted by atomic mass is 32.2. The van der Waals surface area contributed by atoms with Crippen molar-refractivity contribution in [3.8, 4) is 0 Å². The Morgan fingerprint density at radius 1 is 1.07 bits per heavy atom. The van der Waals surface area contributed by atoms with Crippen molar-refractivity contribution >= 4 is 15.9 Å². The van der Waals surface area contributed by atoms with E-state index < -0.39 is 15.8 Å². The third-order valence-corrected chi connectivity index (χ3v) is 7.44. The maximum absolute atomic E-state index is 13.0. The molecule has 1 aromatic carbocycles. The SMILES string of the molecule is C[C@@H]1C[C@H](C)C[NH+](CC(=O)N2CCN(S(=O)(=O)c3ccc(F)cc3)CC2)C1. The molecular formula is C19H29FN3O3S+. The van der Waals surface area contributed by atoms with Crippen molar-refractivity contribution < 1.29 is 22.5 Å². The Morgan fingerprint density at radius 3 is 2.19 bits per heavy atom. The van der Waals surface area contributed by atoms with E-state index in [1.807, 2.05) is 0 Å². The summed E-state index contributed by atoms with van der Waals surface area (Å²) in [5, 5.41) is 0. The van der Waals surface area contributed by atoms with Gasteiger partial charge in [0.1, 0.15) is 5.82 Å². The number of likely N-dealkylation sites (tertiary alicyclic amines) is 1. The molecule has 0 spiro atoms. The van der Waals surface area contributed by atoms with E-state index in [0.29, 0.717) is 31.5 Å². The molecule has 0 aromatic heterocycles. The van der Waals surface area contributed by atoms with Gasteiger partial charge in [-0.05, 0) is 30.7 Å². The van der Waals surface area contributed by atoms with Crippen LogP contribution in [0.2, 0.25) is 0 Å². The summed E-state index contributed by atoms with van der Waals surface area (Å²) in [5.74, 6) is 0.904. The molecule has 0 saturated carbocycles. The highest BCUT2D eigenvalue weighted by Crippen LogP contribution is 2.18. The molecule has 1 amide bonds. The van der Waals surface area contributed by atoms with Crippen LogP contribution in [-0.2, 0) is 14.8 Å². The van der Waals surface area contributed by atoms with E-state index in [9.17, 15) is 17.6 Å². The highest BCUT2D eigenvalue weighted by molar-refractivity contribution is 7.89. The van der Waals surface area contributed by atoms with Gasteiger partial charge < -0.3 is 9.80 Å². The molecule has 2 aliphatic rings. The number of halogens is 1. The monoisotopic (exact) mass is 398 g/mol. The molecule has 150 valence electrons. The lowest BCUT2D eigenvalue weighted by Gasteiger charge is -2.36. The van der Waals surface area contributed by atoms with Gasteiger partial charge in [0.25, 0.3) is 5.91 Å². The lowest BCUT2D eigenvalue weighted by atomic mass is 9.92. The molecule has 0 bridgehead atoms. The van der Waals surface area contributed by atoms with Gasteiger partial charge in [-0.25, -0.2) is 12.8 Å². The fraction of sp³-hybridized carbons (Fsp3) is 0.632. The van der Waals surface area contributed by atoms with Crippen LogP contribution in [-0.4, -0.2) is 69.3 Å². The first-order valence-electron chi connectivity index (χ1n) is 9.62. The number of piperidine rings is 1. The first-order chi connectivity index (χ1) is 12.8. The van der Waals surface area contributed by atoms with Crippen LogP contribution < -0.4 is 4.90 Å². The Labute approximate surface area is 161 Å². The van der Waals surface area contributed by atoms with Crippen molar-refractivity contribution in [2.45, 2.75) is 25.2 Å². The second kappa shape index (κ2) is 8.24. The summed E-state index contributed by atoms with van der Waals surface area (Å²) in [6, 6.07) is 4.86. The Bertz CT molecular complexity index is 751. The maximum Gasteiger partial charge on any atom is 0.277 e. The molecule has 1 unspecified atom stereocenters. The van der Waals surface area contributed by atoms with E-state index >= 15 is 0 Å². The second-order valence-electron chi connectivity index (χ2n) is 8.02. The van der Waals surface area contributed by atoms with Crippen LogP contribution in [0.1, 0.15) is 20.3 Å². The van der Waals surface area contributed by atoms with Crippen LogP contribution in [0.25, 0.3) is 0 Å². The number of sulfonamides is 1. The van der Waals surface area contributed by atoms with Gasteiger partial charge in [-0.1, -0.05) is 13.8 Å². The molecule has 0 aliphatic carbocycles. The van der Waals surface area contributed by atoms with Crippen LogP contribution in [0, 0.1) is 17.7 Å². The zero-order valence-electron chi connectivity index (χ0n) is 16.0. The number of carbonyl (C=O) groups excluding carboxylic acids is 1. The molecule has 2 fully saturated rings. The molecule has 8 heteroatoms. The number of nitrogens with zero attached hydrogens (tertiary/aromatic N) is 2. The molecule has 1 aromatic rings. The summed E-state index contributed by atoms with van der Waals surface area (Å²) in [5.41, 5.74) is 0. The van der Waals surface area contributed by atoms with E-state index in [-0.39, 0.29) is 23.9 Å². The molecule has 6 nitrogen and oxygen atoms in total. The zero-order chi connectivity index (χ0) is 19.6. The minimum atomic E-state index is -3.65. The Morgan fingerprint density at radius 2 is 1.63 bits per heavy atom. The topological polar surface area (TPSA) is 62.1 Å². The first kappa shape index (κ1) is 20.2. The first-order valence-corrected chi connectivity index (χ1v) is 11.1. The standard InChI is InChI=1S/C19H28FN3O3S/c1-15-11-16(2)13-21(12-15)14-19(24)22-7-9-23(10-8-22)27(25,26)18-5-3-17(20)4-6-18/h3-6,15-16H,7-14H2,1-2H3/p+1/t15-,16+. The van der Waals surface area contributed by atoms with Crippen molar-refractivity contribution in [1.29, 1.82) is 0 Å². The zero-order valence-corrected chi connectivity index (χ0v) is 16.8. The fourth-order valence-corrected chi connectivity index (χ4v) is 5.75. The normalized spacial score (nSPS) is 27.5. The molecule has 2 saturated heterocycles. The van der Waals surface area contributed by atoms with E-state index in [2.05, 4.69) is 13.8 Å². The fourth-order valence-electron chi connectivity index (χ4n) is 4.33. The van der Waals surface area contributed by atoms with Crippen molar-refractivity contribution in [1.82, 2.24) is 9.21 Å². The predicted octanol–water partition coefficient (Wildman–Crippen LogP) is 0.219. The minimum Gasteiger partial charge on any atom is -0.335 e. The minimum absolute atomic E-state index is 0.0874. The number of quaternary nitrogens is 1. The van der Waals surface area contributed by atoms with Crippen LogP contribution in [0.5, 0.6) is 0 Å². The van der Waals surface area contributed by atoms with Crippen molar-refractivity contribution in [3.63, 3.8) is 0 Å². The number of benzene rings is 1. The molecule has 3 rings (SSSR count). The summed E-state index contributed by atoms with van der Waals surface area (Å²) in [4.78, 5) is 15.8. The summed E-state index contributed by atoms with van der Waals surface area (Å²) >= 11 is 0. The molecule has 2 heterocycles. The average Bonchev–Trinajstić information content (AvgIpc) is 2.61. The predicted molar refractivity (Wildman–Crippen MR) is 100 cm³/mol. The Balaban J connectivity index is 1.55. The van der Waals surface area contributed by atoms with Crippen molar-refractivity contribution in [2.75, 3.05) is 45.8 Å². The van der Waals surface area contributed by atoms with Gasteiger partial charge in [-0.15, -0.1) is 0 Å². The third kappa shape index (κ3) is 4.86. The van der Waals surface area contributed by atoms with E-state index in [4.69, 9.17) is 0 Å². The quantitative estimate of drug-likeness (QED) is 0.789. The molecule has 1 N–H and O–H groups in total. The smallest absolute Gasteiger partial charge is 0.277 e. The number of hydrogen-bond donors (Lipinski definition) is 1. The summed E-state index contributed by atoms with van der Waals surface area (Å²) in [6.07, 6.45) is 1.22. The highest BCUT2D eigenvalue weighted by Gasteiger charge is 2.32. The number of piperazine rings is 1. The number of nitrogens with one attached hydrogen (secondary N) is 1. The lowest BCUT2D eigenvalue weighted by Crippen LogP contribution is -3.15. The van der Waals surface area contributed by atoms with E-state index in [0.717, 1.165) is 25.2 Å². The van der Waals surface area contributed by atoms with Gasteiger partial charge in [0.2, 0.25) is 10.0 Å². The van der Waals surface area contributed by atoms with Crippen molar-refractivity contribution in [2.24, 2.45) is 11.8 Å². The van der Waals surface area contributed by atoms with Gasteiger partial charge >= 0.3 is 0 Å². The van der Waals surface area contributed by atoms with Gasteiger partial charge in [-0.3, -0.25) is 4.79 Å². The molecule has 0 radical (unpaired) electrons. The van der Waals surface area contributed by atoms with Gasteiger partial charge in [-0.2, -0.15) is 4.31 Å². The summed E-state index contributed by atoms with van der Waals surface area (Å²) in [6.45, 7) is 8.35. The van der Waals surface area contributed by atoms with E-state index in [1.54, 1.807) is 4.90 Å². The molecular weight excluding hydrogens is 369 g/mol. The Hall–Kier alpha value is -1.51. The number of hydrogen-bond acceptors (Lipinski definition) is 3. The molecule has 2 aliphatic heterocycles. The maximum atomic E-state index is 13.0. The average molecular weight is 399 g/mol. The summed E-state index contributed by atoms with van der Waals surface area (Å²) in [7, 11) is -3.65. The third-order valence-electron chi connectivity index (χ3n) is 5.52. The Kier molecular flexibility index (Phi) is 6.18. The van der Waals surface area contributed by atoms with Crippen LogP contribution >= 0.6 is 0 Å². The molecule has 27 heavy (non-hydrogen) atoms. The van der Waals surface area contributed by atoms with Crippen LogP contribution in [0.15, 0.2) is 29.2 Å². The number of carbonyl (C=O) groups is 1. The van der Waals surface area contributed by atoms with Gasteiger partial charge in [0.15, 0.2) is 6.54 Å². The van der Waals surface area contributed by atoms with Gasteiger partial charge in [0, 0.05) is 38.0 Å². The largest absolute Gasteiger partial charge is 0.335 e. The molecule has 3 atom stereocenters. The van der Waals surface area contributed by atoms with E-state index in [1.165, 1.54) is 27.8 Å². The van der Waals surface area contributed by atoms with Gasteiger partial charge in [0.05, 0.1) is 18.0 Å². The second-order valence-corrected chi connectivity index (χ2v) is 9.96. The summed E-state index contributed by atoms with van der Waals surface area (Å²) < 4.78 is 39.7. The number of rotatable bonds is 4. The number of amides is 1.